The largest absolute Gasteiger partial charge is 0.342 e. The molecule has 4 aliphatic heterocycles. The Hall–Kier alpha value is -6.00. The SMILES string of the molecule is C[C@H]1CN(CC2CCN(CC(=O)N3CCN(C(=O)c4cc(Cc5n[nH]c(=O)c6ccccc56)ccc4F)CC3)CC2)C[C@H](C)N1C(=O)[C@H](NC(=O)c1cccc([C@@H]2CCCN(C(=O)C3CC3)C2)c1)C1CCCCC1. The van der Waals surface area contributed by atoms with Crippen LogP contribution in [0.25, 0.3) is 10.8 Å². The Morgan fingerprint density at radius 3 is 2.16 bits per heavy atom. The third kappa shape index (κ3) is 11.8. The highest BCUT2D eigenvalue weighted by atomic mass is 19.1. The van der Waals surface area contributed by atoms with Crippen LogP contribution in [0.3, 0.4) is 0 Å². The second-order valence-electron chi connectivity index (χ2n) is 22.5. The molecule has 2 N–H and O–H groups in total. The Morgan fingerprint density at radius 2 is 1.43 bits per heavy atom. The number of benzene rings is 3. The van der Waals surface area contributed by atoms with E-state index in [2.05, 4.69) is 50.1 Å². The van der Waals surface area contributed by atoms with Crippen molar-refractivity contribution in [2.75, 3.05) is 78.5 Å². The highest BCUT2D eigenvalue weighted by Crippen LogP contribution is 2.35. The summed E-state index contributed by atoms with van der Waals surface area (Å²) in [6.45, 7) is 11.6. The summed E-state index contributed by atoms with van der Waals surface area (Å²) >= 11 is 0. The zero-order valence-corrected chi connectivity index (χ0v) is 43.3. The standard InChI is InChI=1S/C58H74FN9O6/c1-38-33-64(34-39(2)68(38)58(74)53(42-10-4-3-5-11-42)60-54(70)45-13-8-12-44(32-45)46-14-9-23-67(36-46)56(72)43-18-19-43)35-40-21-24-63(25-22-40)37-52(69)65-26-28-66(29-27-65)57(73)49-30-41(17-20-50(49)59)31-51-47-15-6-7-16-48(47)55(71)62-61-51/h6-8,12-13,15-17,20,30,32,38-40,42-43,46,53H,3-5,9-11,14,18-19,21-29,31,33-37H2,1-2H3,(H,60,70)(H,62,71)/t38-,39-,46+,53+/m0/s1. The third-order valence-corrected chi connectivity index (χ3v) is 17.1. The van der Waals surface area contributed by atoms with Crippen molar-refractivity contribution in [3.63, 3.8) is 0 Å². The van der Waals surface area contributed by atoms with E-state index in [0.717, 1.165) is 115 Å². The minimum atomic E-state index is -0.605. The van der Waals surface area contributed by atoms with E-state index in [9.17, 15) is 28.8 Å². The number of fused-ring (bicyclic) bond motifs is 1. The number of piperazine rings is 2. The van der Waals surface area contributed by atoms with Crippen molar-refractivity contribution < 1.29 is 28.4 Å². The van der Waals surface area contributed by atoms with Crippen LogP contribution in [0.5, 0.6) is 0 Å². The van der Waals surface area contributed by atoms with Gasteiger partial charge in [-0.2, -0.15) is 5.10 Å². The molecule has 0 bridgehead atoms. The Labute approximate surface area is 434 Å². The first-order chi connectivity index (χ1) is 35.9. The number of H-pyrrole nitrogens is 1. The number of rotatable bonds is 13. The Kier molecular flexibility index (Phi) is 15.9. The predicted molar refractivity (Wildman–Crippen MR) is 281 cm³/mol. The second-order valence-corrected chi connectivity index (χ2v) is 22.5. The summed E-state index contributed by atoms with van der Waals surface area (Å²) in [5, 5.41) is 11.3. The lowest BCUT2D eigenvalue weighted by atomic mass is 9.82. The van der Waals surface area contributed by atoms with Gasteiger partial charge in [0.1, 0.15) is 11.9 Å². The maximum absolute atomic E-state index is 15.2. The van der Waals surface area contributed by atoms with Gasteiger partial charge in [0.05, 0.1) is 23.2 Å². The molecule has 0 spiro atoms. The van der Waals surface area contributed by atoms with Gasteiger partial charge in [0.2, 0.25) is 17.7 Å². The average molecular weight is 1010 g/mol. The highest BCUT2D eigenvalue weighted by Gasteiger charge is 2.41. The van der Waals surface area contributed by atoms with Crippen molar-refractivity contribution in [3.8, 4) is 0 Å². The number of amides is 5. The maximum Gasteiger partial charge on any atom is 0.272 e. The van der Waals surface area contributed by atoms with Gasteiger partial charge in [-0.1, -0.05) is 55.7 Å². The first-order valence-electron chi connectivity index (χ1n) is 27.6. The molecule has 394 valence electrons. The van der Waals surface area contributed by atoms with Crippen LogP contribution in [-0.2, 0) is 20.8 Å². The molecular formula is C58H74FN9O6. The molecule has 2 aliphatic carbocycles. The molecular weight excluding hydrogens is 938 g/mol. The number of aromatic amines is 1. The zero-order chi connectivity index (χ0) is 51.5. The van der Waals surface area contributed by atoms with E-state index in [1.54, 1.807) is 29.2 Å². The van der Waals surface area contributed by atoms with Crippen LogP contribution < -0.4 is 10.9 Å². The van der Waals surface area contributed by atoms with Gasteiger partial charge in [0.25, 0.3) is 17.4 Å². The predicted octanol–water partition coefficient (Wildman–Crippen LogP) is 6.07. The van der Waals surface area contributed by atoms with Crippen molar-refractivity contribution >= 4 is 40.3 Å². The number of carbonyl (C=O) groups excluding carboxylic acids is 5. The van der Waals surface area contributed by atoms with Gasteiger partial charge in [-0.05, 0) is 132 Å². The minimum Gasteiger partial charge on any atom is -0.342 e. The van der Waals surface area contributed by atoms with Gasteiger partial charge in [0, 0.05) is 100 Å². The summed E-state index contributed by atoms with van der Waals surface area (Å²) in [6.07, 6.45) is 11.3. The van der Waals surface area contributed by atoms with Crippen LogP contribution in [0.2, 0.25) is 0 Å². The molecule has 1 aromatic heterocycles. The normalized spacial score (nSPS) is 23.2. The van der Waals surface area contributed by atoms with Crippen LogP contribution in [0.4, 0.5) is 4.39 Å². The van der Waals surface area contributed by atoms with Crippen LogP contribution in [-0.4, -0.2) is 166 Å². The number of piperidine rings is 2. The van der Waals surface area contributed by atoms with Gasteiger partial charge >= 0.3 is 0 Å². The highest BCUT2D eigenvalue weighted by molar-refractivity contribution is 5.98. The smallest absolute Gasteiger partial charge is 0.272 e. The zero-order valence-electron chi connectivity index (χ0n) is 43.3. The molecule has 6 aliphatic rings. The van der Waals surface area contributed by atoms with E-state index in [4.69, 9.17) is 0 Å². The van der Waals surface area contributed by atoms with Crippen LogP contribution in [0.1, 0.15) is 128 Å². The number of hydrogen-bond donors (Lipinski definition) is 2. The van der Waals surface area contributed by atoms with E-state index < -0.39 is 17.8 Å². The van der Waals surface area contributed by atoms with E-state index in [-0.39, 0.29) is 64.6 Å². The number of nitrogens with zero attached hydrogens (tertiary/aromatic N) is 7. The Morgan fingerprint density at radius 1 is 0.716 bits per heavy atom. The molecule has 5 heterocycles. The molecule has 6 fully saturated rings. The van der Waals surface area contributed by atoms with Gasteiger partial charge in [-0.3, -0.25) is 38.6 Å². The summed E-state index contributed by atoms with van der Waals surface area (Å²) < 4.78 is 15.2. The van der Waals surface area contributed by atoms with Crippen LogP contribution in [0.15, 0.2) is 71.5 Å². The number of aromatic nitrogens is 2. The lowest BCUT2D eigenvalue weighted by molar-refractivity contribution is -0.143. The van der Waals surface area contributed by atoms with Gasteiger partial charge in [-0.25, -0.2) is 9.49 Å². The Bertz CT molecular complexity index is 2750. The maximum atomic E-state index is 15.2. The summed E-state index contributed by atoms with van der Waals surface area (Å²) in [5.74, 6) is 0.0904. The first-order valence-corrected chi connectivity index (χ1v) is 27.6. The molecule has 3 aromatic carbocycles. The van der Waals surface area contributed by atoms with Crippen molar-refractivity contribution in [1.82, 2.24) is 44.9 Å². The number of carbonyl (C=O) groups is 5. The summed E-state index contributed by atoms with van der Waals surface area (Å²) in [6, 6.07) is 18.9. The first kappa shape index (κ1) is 51.5. The molecule has 5 amide bonds. The fourth-order valence-electron chi connectivity index (χ4n) is 12.9. The van der Waals surface area contributed by atoms with Crippen LogP contribution >= 0.6 is 0 Å². The van der Waals surface area contributed by atoms with Gasteiger partial charge in [-0.15, -0.1) is 0 Å². The Balaban J connectivity index is 0.679. The molecule has 4 saturated heterocycles. The van der Waals surface area contributed by atoms with Crippen molar-refractivity contribution in [2.45, 2.75) is 115 Å². The molecule has 10 rings (SSSR count). The molecule has 16 heteroatoms. The summed E-state index contributed by atoms with van der Waals surface area (Å²) in [7, 11) is 0. The molecule has 2 saturated carbocycles. The molecule has 0 unspecified atom stereocenters. The monoisotopic (exact) mass is 1010 g/mol. The van der Waals surface area contributed by atoms with Crippen molar-refractivity contribution in [2.24, 2.45) is 17.8 Å². The lowest BCUT2D eigenvalue weighted by Gasteiger charge is -2.47. The fourth-order valence-corrected chi connectivity index (χ4v) is 12.9. The minimum absolute atomic E-state index is 0.0185. The third-order valence-electron chi connectivity index (χ3n) is 17.1. The average Bonchev–Trinajstić information content (AvgIpc) is 4.28. The fraction of sp³-hybridized carbons (Fsp3) is 0.569. The second kappa shape index (κ2) is 22.9. The quantitative estimate of drug-likeness (QED) is 0.162. The van der Waals surface area contributed by atoms with Crippen molar-refractivity contribution in [1.29, 1.82) is 0 Å². The van der Waals surface area contributed by atoms with E-state index in [0.29, 0.717) is 79.2 Å². The topological polar surface area (TPSA) is 163 Å². The molecule has 74 heavy (non-hydrogen) atoms. The van der Waals surface area contributed by atoms with Crippen molar-refractivity contribution in [3.05, 3.63) is 111 Å². The number of likely N-dealkylation sites (tertiary alicyclic amines) is 2. The van der Waals surface area contributed by atoms with Gasteiger partial charge in [0.15, 0.2) is 0 Å². The van der Waals surface area contributed by atoms with Gasteiger partial charge < -0.3 is 24.9 Å². The van der Waals surface area contributed by atoms with E-state index in [1.807, 2.05) is 40.1 Å². The van der Waals surface area contributed by atoms with Crippen LogP contribution in [0, 0.1) is 23.6 Å². The molecule has 15 nitrogen and oxygen atoms in total. The number of hydrogen-bond acceptors (Lipinski definition) is 9. The number of halogens is 1. The summed E-state index contributed by atoms with van der Waals surface area (Å²) in [5.41, 5.74) is 2.67. The molecule has 4 atom stereocenters. The molecule has 0 radical (unpaired) electrons. The van der Waals surface area contributed by atoms with E-state index >= 15 is 4.39 Å². The summed E-state index contributed by atoms with van der Waals surface area (Å²) in [4.78, 5) is 93.6. The number of nitrogens with one attached hydrogen (secondary N) is 2. The van der Waals surface area contributed by atoms with E-state index in [1.165, 1.54) is 6.07 Å². The molecule has 4 aromatic rings. The lowest BCUT2D eigenvalue weighted by Crippen LogP contribution is -2.64.